The van der Waals surface area contributed by atoms with Crippen molar-refractivity contribution in [3.05, 3.63) is 27.7 Å². The van der Waals surface area contributed by atoms with Gasteiger partial charge < -0.3 is 10.4 Å². The summed E-state index contributed by atoms with van der Waals surface area (Å²) in [7, 11) is 0. The highest BCUT2D eigenvalue weighted by molar-refractivity contribution is 9.10. The molecule has 1 fully saturated rings. The van der Waals surface area contributed by atoms with Crippen LogP contribution < -0.4 is 5.32 Å². The highest BCUT2D eigenvalue weighted by atomic mass is 79.9. The number of hydrogen-bond acceptors (Lipinski definition) is 2. The van der Waals surface area contributed by atoms with Crippen LogP contribution in [-0.4, -0.2) is 17.3 Å². The Kier molecular flexibility index (Phi) is 3.96. The predicted molar refractivity (Wildman–Crippen MR) is 80.2 cm³/mol. The summed E-state index contributed by atoms with van der Waals surface area (Å²) in [4.78, 5) is 0. The van der Waals surface area contributed by atoms with Crippen molar-refractivity contribution in [1.82, 2.24) is 0 Å². The van der Waals surface area contributed by atoms with Gasteiger partial charge in [0.2, 0.25) is 0 Å². The molecule has 0 spiro atoms. The van der Waals surface area contributed by atoms with E-state index in [-0.39, 0.29) is 12.1 Å². The van der Waals surface area contributed by atoms with E-state index in [1.54, 1.807) is 0 Å². The number of rotatable bonds is 3. The van der Waals surface area contributed by atoms with Gasteiger partial charge in [0.1, 0.15) is 0 Å². The maximum atomic E-state index is 9.73. The minimum absolute atomic E-state index is 0.163. The Morgan fingerprint density at radius 2 is 2.11 bits per heavy atom. The van der Waals surface area contributed by atoms with Gasteiger partial charge in [0.25, 0.3) is 0 Å². The van der Waals surface area contributed by atoms with Crippen molar-refractivity contribution in [1.29, 1.82) is 0 Å². The molecule has 0 saturated heterocycles. The first-order valence-electron chi connectivity index (χ1n) is 6.20. The van der Waals surface area contributed by atoms with Gasteiger partial charge in [-0.3, -0.25) is 0 Å². The van der Waals surface area contributed by atoms with Crippen LogP contribution in [0, 0.1) is 5.41 Å². The quantitative estimate of drug-likeness (QED) is 0.856. The standard InChI is InChI=1S/C14H19BrClNO/c1-13(2)5-6-14(8-13,9-18)17-10-3-4-12(16)11(15)7-10/h3-4,7,17-18H,5-6,8-9H2,1-2H3. The molecule has 100 valence electrons. The van der Waals surface area contributed by atoms with E-state index in [1.807, 2.05) is 18.2 Å². The van der Waals surface area contributed by atoms with Crippen LogP contribution in [0.15, 0.2) is 22.7 Å². The van der Waals surface area contributed by atoms with E-state index in [0.717, 1.165) is 29.4 Å². The minimum Gasteiger partial charge on any atom is -0.394 e. The van der Waals surface area contributed by atoms with E-state index in [4.69, 9.17) is 11.6 Å². The molecular weight excluding hydrogens is 314 g/mol. The van der Waals surface area contributed by atoms with Crippen molar-refractivity contribution >= 4 is 33.2 Å². The lowest BCUT2D eigenvalue weighted by Crippen LogP contribution is -2.40. The Balaban J connectivity index is 2.18. The maximum Gasteiger partial charge on any atom is 0.0661 e. The smallest absolute Gasteiger partial charge is 0.0661 e. The Morgan fingerprint density at radius 3 is 2.61 bits per heavy atom. The first kappa shape index (κ1) is 14.2. The topological polar surface area (TPSA) is 32.3 Å². The van der Waals surface area contributed by atoms with E-state index in [2.05, 4.69) is 35.1 Å². The summed E-state index contributed by atoms with van der Waals surface area (Å²) in [6.07, 6.45) is 3.11. The average molecular weight is 333 g/mol. The Bertz CT molecular complexity index is 449. The molecule has 0 aliphatic heterocycles. The van der Waals surface area contributed by atoms with Gasteiger partial charge in [-0.05, 0) is 58.8 Å². The van der Waals surface area contributed by atoms with E-state index in [9.17, 15) is 5.11 Å². The number of halogens is 2. The first-order chi connectivity index (χ1) is 8.36. The molecule has 0 radical (unpaired) electrons. The monoisotopic (exact) mass is 331 g/mol. The molecule has 2 nitrogen and oxygen atoms in total. The van der Waals surface area contributed by atoms with Gasteiger partial charge in [-0.1, -0.05) is 25.4 Å². The van der Waals surface area contributed by atoms with Crippen molar-refractivity contribution in [2.24, 2.45) is 5.41 Å². The van der Waals surface area contributed by atoms with Crippen LogP contribution in [0.5, 0.6) is 0 Å². The SMILES string of the molecule is CC1(C)CCC(CO)(Nc2ccc(Cl)c(Br)c2)C1. The second kappa shape index (κ2) is 5.03. The molecule has 4 heteroatoms. The van der Waals surface area contributed by atoms with Crippen LogP contribution in [0.2, 0.25) is 5.02 Å². The van der Waals surface area contributed by atoms with Crippen molar-refractivity contribution in [2.45, 2.75) is 38.6 Å². The number of nitrogens with one attached hydrogen (secondary N) is 1. The third-order valence-corrected chi connectivity index (χ3v) is 4.94. The summed E-state index contributed by atoms with van der Waals surface area (Å²) in [5, 5.41) is 13.9. The van der Waals surface area contributed by atoms with Gasteiger partial charge >= 0.3 is 0 Å². The third-order valence-electron chi connectivity index (χ3n) is 3.73. The van der Waals surface area contributed by atoms with Crippen molar-refractivity contribution in [2.75, 3.05) is 11.9 Å². The lowest BCUT2D eigenvalue weighted by molar-refractivity contribution is 0.202. The van der Waals surface area contributed by atoms with E-state index in [1.165, 1.54) is 0 Å². The Morgan fingerprint density at radius 1 is 1.39 bits per heavy atom. The number of anilines is 1. The van der Waals surface area contributed by atoms with Crippen molar-refractivity contribution in [3.63, 3.8) is 0 Å². The number of aliphatic hydroxyl groups is 1. The minimum atomic E-state index is -0.198. The second-order valence-corrected chi connectivity index (χ2v) is 7.29. The largest absolute Gasteiger partial charge is 0.394 e. The molecule has 1 aliphatic carbocycles. The fourth-order valence-electron chi connectivity index (χ4n) is 2.83. The highest BCUT2D eigenvalue weighted by Gasteiger charge is 2.42. The summed E-state index contributed by atoms with van der Waals surface area (Å²) >= 11 is 9.41. The second-order valence-electron chi connectivity index (χ2n) is 6.03. The molecule has 1 aromatic carbocycles. The number of aliphatic hydroxyl groups excluding tert-OH is 1. The number of hydrogen-bond donors (Lipinski definition) is 2. The van der Waals surface area contributed by atoms with Gasteiger partial charge in [0.15, 0.2) is 0 Å². The Labute approximate surface area is 122 Å². The summed E-state index contributed by atoms with van der Waals surface area (Å²) in [6.45, 7) is 4.67. The zero-order chi connectivity index (χ0) is 13.4. The zero-order valence-electron chi connectivity index (χ0n) is 10.8. The van der Waals surface area contributed by atoms with Crippen LogP contribution in [0.3, 0.4) is 0 Å². The molecular formula is C14H19BrClNO. The van der Waals surface area contributed by atoms with Gasteiger partial charge in [-0.25, -0.2) is 0 Å². The van der Waals surface area contributed by atoms with Gasteiger partial charge in [0, 0.05) is 10.2 Å². The zero-order valence-corrected chi connectivity index (χ0v) is 13.1. The van der Waals surface area contributed by atoms with Crippen molar-refractivity contribution in [3.8, 4) is 0 Å². The number of benzene rings is 1. The molecule has 1 aliphatic rings. The highest BCUT2D eigenvalue weighted by Crippen LogP contribution is 2.45. The average Bonchev–Trinajstić information content (AvgIpc) is 2.60. The fourth-order valence-corrected chi connectivity index (χ4v) is 3.33. The molecule has 18 heavy (non-hydrogen) atoms. The molecule has 2 N–H and O–H groups in total. The van der Waals surface area contributed by atoms with Crippen LogP contribution in [0.4, 0.5) is 5.69 Å². The first-order valence-corrected chi connectivity index (χ1v) is 7.37. The molecule has 0 heterocycles. The maximum absolute atomic E-state index is 9.73. The third kappa shape index (κ3) is 3.01. The summed E-state index contributed by atoms with van der Waals surface area (Å²) in [6, 6.07) is 5.78. The molecule has 2 rings (SSSR count). The van der Waals surface area contributed by atoms with Gasteiger partial charge in [0.05, 0.1) is 17.2 Å². The molecule has 1 atom stereocenters. The fraction of sp³-hybridized carbons (Fsp3) is 0.571. The molecule has 1 saturated carbocycles. The van der Waals surface area contributed by atoms with E-state index >= 15 is 0 Å². The van der Waals surface area contributed by atoms with E-state index < -0.39 is 0 Å². The van der Waals surface area contributed by atoms with Gasteiger partial charge in [-0.2, -0.15) is 0 Å². The summed E-state index contributed by atoms with van der Waals surface area (Å²) in [5.41, 5.74) is 1.09. The van der Waals surface area contributed by atoms with Crippen LogP contribution in [0.25, 0.3) is 0 Å². The molecule has 0 amide bonds. The molecule has 1 aromatic rings. The molecule has 1 unspecified atom stereocenters. The van der Waals surface area contributed by atoms with Crippen LogP contribution in [0.1, 0.15) is 33.1 Å². The predicted octanol–water partition coefficient (Wildman–Crippen LogP) is 4.46. The van der Waals surface area contributed by atoms with Crippen LogP contribution in [-0.2, 0) is 0 Å². The van der Waals surface area contributed by atoms with Gasteiger partial charge in [-0.15, -0.1) is 0 Å². The summed E-state index contributed by atoms with van der Waals surface area (Å²) < 4.78 is 0.875. The normalized spacial score (nSPS) is 26.3. The van der Waals surface area contributed by atoms with Crippen molar-refractivity contribution < 1.29 is 5.11 Å². The Hall–Kier alpha value is -0.250. The summed E-state index contributed by atoms with van der Waals surface area (Å²) in [5.74, 6) is 0. The van der Waals surface area contributed by atoms with Crippen LogP contribution >= 0.6 is 27.5 Å². The lowest BCUT2D eigenvalue weighted by Gasteiger charge is -2.31. The van der Waals surface area contributed by atoms with E-state index in [0.29, 0.717) is 10.4 Å². The lowest BCUT2D eigenvalue weighted by atomic mass is 9.88. The molecule has 0 bridgehead atoms. The molecule has 0 aromatic heterocycles.